The second-order valence-corrected chi connectivity index (χ2v) is 5.68. The molecule has 0 fully saturated rings. The van der Waals surface area contributed by atoms with Crippen LogP contribution in [0, 0.1) is 0 Å². The third kappa shape index (κ3) is 4.91. The summed E-state index contributed by atoms with van der Waals surface area (Å²) in [6.07, 6.45) is 4.28. The van der Waals surface area contributed by atoms with Gasteiger partial charge in [-0.15, -0.1) is 0 Å². The van der Waals surface area contributed by atoms with Gasteiger partial charge in [0.1, 0.15) is 0 Å². The van der Waals surface area contributed by atoms with E-state index in [2.05, 4.69) is 10.3 Å². The minimum absolute atomic E-state index is 0.0108. The number of hydrogen-bond acceptors (Lipinski definition) is 3. The number of nitrogens with one attached hydrogen (secondary N) is 1. The van der Waals surface area contributed by atoms with Gasteiger partial charge in [-0.1, -0.05) is 25.1 Å². The monoisotopic (exact) mass is 325 g/mol. The molecule has 0 aliphatic heterocycles. The molecule has 0 aliphatic carbocycles. The molecule has 0 unspecified atom stereocenters. The maximum Gasteiger partial charge on any atom is 0.251 e. The first kappa shape index (κ1) is 17.7. The first-order valence-electron chi connectivity index (χ1n) is 8.13. The molecule has 126 valence electrons. The molecule has 5 heteroatoms. The van der Waals surface area contributed by atoms with Crippen LogP contribution in [-0.2, 0) is 11.3 Å². The quantitative estimate of drug-likeness (QED) is 0.851. The van der Waals surface area contributed by atoms with Crippen LogP contribution in [0.25, 0.3) is 0 Å². The van der Waals surface area contributed by atoms with Crippen molar-refractivity contribution in [2.24, 2.45) is 0 Å². The van der Waals surface area contributed by atoms with E-state index in [0.717, 1.165) is 12.0 Å². The Morgan fingerprint density at radius 1 is 1.12 bits per heavy atom. The van der Waals surface area contributed by atoms with Crippen molar-refractivity contribution in [3.8, 4) is 0 Å². The Morgan fingerprint density at radius 2 is 1.79 bits per heavy atom. The number of amides is 2. The summed E-state index contributed by atoms with van der Waals surface area (Å²) in [7, 11) is 0. The number of hydrogen-bond donors (Lipinski definition) is 1. The topological polar surface area (TPSA) is 62.3 Å². The molecule has 24 heavy (non-hydrogen) atoms. The predicted molar refractivity (Wildman–Crippen MR) is 93.3 cm³/mol. The molecule has 2 rings (SSSR count). The smallest absolute Gasteiger partial charge is 0.251 e. The Morgan fingerprint density at radius 3 is 2.42 bits per heavy atom. The average molecular weight is 325 g/mol. The Balaban J connectivity index is 1.99. The van der Waals surface area contributed by atoms with Gasteiger partial charge < -0.3 is 10.2 Å². The largest absolute Gasteiger partial charge is 0.343 e. The number of pyridine rings is 1. The fourth-order valence-electron chi connectivity index (χ4n) is 2.34. The number of nitrogens with zero attached hydrogens (tertiary/aromatic N) is 2. The maximum absolute atomic E-state index is 12.6. The molecule has 0 saturated heterocycles. The number of rotatable bonds is 7. The number of carbonyl (C=O) groups excluding carboxylic acids is 2. The molecule has 0 saturated carbocycles. The summed E-state index contributed by atoms with van der Waals surface area (Å²) >= 11 is 0. The molecule has 1 aromatic carbocycles. The van der Waals surface area contributed by atoms with Crippen molar-refractivity contribution in [1.82, 2.24) is 15.2 Å². The molecule has 1 heterocycles. The van der Waals surface area contributed by atoms with Gasteiger partial charge in [-0.3, -0.25) is 14.6 Å². The lowest BCUT2D eigenvalue weighted by Gasteiger charge is -2.29. The van der Waals surface area contributed by atoms with Crippen LogP contribution < -0.4 is 5.32 Å². The molecular formula is C19H23N3O2. The van der Waals surface area contributed by atoms with Gasteiger partial charge in [0.05, 0.1) is 6.54 Å². The van der Waals surface area contributed by atoms with Crippen molar-refractivity contribution in [2.45, 2.75) is 32.9 Å². The second-order valence-electron chi connectivity index (χ2n) is 5.68. The van der Waals surface area contributed by atoms with E-state index >= 15 is 0 Å². The fourth-order valence-corrected chi connectivity index (χ4v) is 2.34. The Labute approximate surface area is 142 Å². The number of carbonyl (C=O) groups is 2. The van der Waals surface area contributed by atoms with Gasteiger partial charge in [0.25, 0.3) is 5.91 Å². The van der Waals surface area contributed by atoms with Crippen molar-refractivity contribution in [3.05, 3.63) is 66.0 Å². The van der Waals surface area contributed by atoms with Gasteiger partial charge in [-0.05, 0) is 43.2 Å². The third-order valence-corrected chi connectivity index (χ3v) is 3.98. The van der Waals surface area contributed by atoms with E-state index in [4.69, 9.17) is 0 Å². The van der Waals surface area contributed by atoms with Gasteiger partial charge in [-0.2, -0.15) is 0 Å². The van der Waals surface area contributed by atoms with Gasteiger partial charge in [0.15, 0.2) is 0 Å². The summed E-state index contributed by atoms with van der Waals surface area (Å²) in [5.74, 6) is -0.331. The van der Waals surface area contributed by atoms with E-state index in [1.165, 1.54) is 0 Å². The van der Waals surface area contributed by atoms with Crippen LogP contribution in [-0.4, -0.2) is 34.3 Å². The first-order valence-corrected chi connectivity index (χ1v) is 8.13. The van der Waals surface area contributed by atoms with E-state index in [0.29, 0.717) is 12.1 Å². The van der Waals surface area contributed by atoms with Gasteiger partial charge >= 0.3 is 0 Å². The van der Waals surface area contributed by atoms with Crippen LogP contribution in [0.1, 0.15) is 36.2 Å². The molecule has 1 aromatic heterocycles. The first-order chi connectivity index (χ1) is 11.6. The summed E-state index contributed by atoms with van der Waals surface area (Å²) in [4.78, 5) is 30.4. The summed E-state index contributed by atoms with van der Waals surface area (Å²) in [5, 5.41) is 2.70. The van der Waals surface area contributed by atoms with Crippen LogP contribution in [0.2, 0.25) is 0 Å². The lowest BCUT2D eigenvalue weighted by molar-refractivity contribution is -0.132. The predicted octanol–water partition coefficient (Wildman–Crippen LogP) is 2.64. The second kappa shape index (κ2) is 8.82. The van der Waals surface area contributed by atoms with Crippen LogP contribution in [0.15, 0.2) is 54.9 Å². The highest BCUT2D eigenvalue weighted by Gasteiger charge is 2.20. The normalized spacial score (nSPS) is 11.6. The maximum atomic E-state index is 12.6. The van der Waals surface area contributed by atoms with E-state index in [1.54, 1.807) is 41.6 Å². The molecule has 1 atom stereocenters. The third-order valence-electron chi connectivity index (χ3n) is 3.98. The van der Waals surface area contributed by atoms with Crippen LogP contribution in [0.5, 0.6) is 0 Å². The number of benzene rings is 1. The van der Waals surface area contributed by atoms with Crippen LogP contribution >= 0.6 is 0 Å². The summed E-state index contributed by atoms with van der Waals surface area (Å²) in [6.45, 7) is 4.55. The average Bonchev–Trinajstić information content (AvgIpc) is 2.64. The molecule has 0 radical (unpaired) electrons. The molecule has 1 N–H and O–H groups in total. The molecule has 5 nitrogen and oxygen atoms in total. The molecule has 2 aromatic rings. The van der Waals surface area contributed by atoms with Gasteiger partial charge in [0, 0.05) is 30.5 Å². The zero-order chi connectivity index (χ0) is 17.4. The molecular weight excluding hydrogens is 302 g/mol. The Hall–Kier alpha value is -2.69. The van der Waals surface area contributed by atoms with E-state index < -0.39 is 0 Å². The van der Waals surface area contributed by atoms with Crippen molar-refractivity contribution in [1.29, 1.82) is 0 Å². The van der Waals surface area contributed by atoms with Crippen molar-refractivity contribution < 1.29 is 9.59 Å². The molecule has 2 amide bonds. The summed E-state index contributed by atoms with van der Waals surface area (Å²) in [5.41, 5.74) is 1.57. The SMILES string of the molecule is CC[C@H](C)N(Cc1ccncc1)C(=O)CNC(=O)c1ccccc1. The molecule has 0 bridgehead atoms. The van der Waals surface area contributed by atoms with Crippen molar-refractivity contribution in [2.75, 3.05) is 6.54 Å². The van der Waals surface area contributed by atoms with Crippen LogP contribution in [0.4, 0.5) is 0 Å². The minimum Gasteiger partial charge on any atom is -0.343 e. The van der Waals surface area contributed by atoms with E-state index in [1.807, 2.05) is 32.0 Å². The summed E-state index contributed by atoms with van der Waals surface area (Å²) < 4.78 is 0. The summed E-state index contributed by atoms with van der Waals surface area (Å²) in [6, 6.07) is 12.8. The highest BCUT2D eigenvalue weighted by Crippen LogP contribution is 2.10. The highest BCUT2D eigenvalue weighted by molar-refractivity contribution is 5.96. The molecule has 0 aliphatic rings. The lowest BCUT2D eigenvalue weighted by atomic mass is 10.1. The minimum atomic E-state index is -0.239. The fraction of sp³-hybridized carbons (Fsp3) is 0.316. The van der Waals surface area contributed by atoms with Crippen LogP contribution in [0.3, 0.4) is 0 Å². The van der Waals surface area contributed by atoms with Gasteiger partial charge in [-0.25, -0.2) is 0 Å². The van der Waals surface area contributed by atoms with E-state index in [9.17, 15) is 9.59 Å². The van der Waals surface area contributed by atoms with Gasteiger partial charge in [0.2, 0.25) is 5.91 Å². The van der Waals surface area contributed by atoms with Crippen molar-refractivity contribution >= 4 is 11.8 Å². The molecule has 0 spiro atoms. The Bertz CT molecular complexity index is 659. The Kier molecular flexibility index (Phi) is 6.49. The van der Waals surface area contributed by atoms with Crippen molar-refractivity contribution in [3.63, 3.8) is 0 Å². The standard InChI is InChI=1S/C19H23N3O2/c1-3-15(2)22(14-16-9-11-20-12-10-16)18(23)13-21-19(24)17-7-5-4-6-8-17/h4-12,15H,3,13-14H2,1-2H3,(H,21,24)/t15-/m0/s1. The zero-order valence-electron chi connectivity index (χ0n) is 14.1. The van der Waals surface area contributed by atoms with E-state index in [-0.39, 0.29) is 24.4 Å². The zero-order valence-corrected chi connectivity index (χ0v) is 14.1. The number of aromatic nitrogens is 1. The lowest BCUT2D eigenvalue weighted by Crippen LogP contribution is -2.44. The highest BCUT2D eigenvalue weighted by atomic mass is 16.2.